The summed E-state index contributed by atoms with van der Waals surface area (Å²) in [5, 5.41) is 0.372. The Labute approximate surface area is 229 Å². The quantitative estimate of drug-likeness (QED) is 0.168. The second-order valence-corrected chi connectivity index (χ2v) is 8.96. The molecule has 1 atom stereocenters. The largest absolute Gasteiger partial charge is 0.493 e. The molecule has 4 rings (SSSR count). The zero-order valence-electron chi connectivity index (χ0n) is 20.5. The SMILES string of the molecule is COc1ccc(-c2c(C(F)(F)F)oc3cc(OC(=O)C(C)Oc4ccc(Cl)cc4Cl)ccc3c2=O)cc1OC. The minimum absolute atomic E-state index is 0.0852. The van der Waals surface area contributed by atoms with Crippen LogP contribution in [-0.2, 0) is 11.0 Å². The first-order chi connectivity index (χ1) is 18.4. The van der Waals surface area contributed by atoms with Crippen molar-refractivity contribution in [2.45, 2.75) is 19.2 Å². The topological polar surface area (TPSA) is 84.2 Å². The maximum Gasteiger partial charge on any atom is 0.450 e. The molecule has 0 amide bonds. The van der Waals surface area contributed by atoms with E-state index in [1.54, 1.807) is 0 Å². The lowest BCUT2D eigenvalue weighted by Crippen LogP contribution is -2.28. The van der Waals surface area contributed by atoms with Crippen molar-refractivity contribution in [2.75, 3.05) is 14.2 Å². The number of hydrogen-bond acceptors (Lipinski definition) is 7. The third kappa shape index (κ3) is 5.91. The Bertz CT molecular complexity index is 1620. The van der Waals surface area contributed by atoms with Crippen molar-refractivity contribution in [1.82, 2.24) is 0 Å². The van der Waals surface area contributed by atoms with Crippen LogP contribution in [0.15, 0.2) is 63.8 Å². The van der Waals surface area contributed by atoms with Gasteiger partial charge in [-0.15, -0.1) is 0 Å². The molecule has 3 aromatic carbocycles. The highest BCUT2D eigenvalue weighted by atomic mass is 35.5. The zero-order chi connectivity index (χ0) is 28.5. The number of hydrogen-bond donors (Lipinski definition) is 0. The molecule has 0 spiro atoms. The second-order valence-electron chi connectivity index (χ2n) is 8.12. The molecular formula is C27H19Cl2F3O7. The number of esters is 1. The van der Waals surface area contributed by atoms with Crippen LogP contribution in [0.25, 0.3) is 22.1 Å². The first-order valence-electron chi connectivity index (χ1n) is 11.2. The van der Waals surface area contributed by atoms with Gasteiger partial charge >= 0.3 is 12.1 Å². The predicted octanol–water partition coefficient (Wildman–Crippen LogP) is 7.18. The summed E-state index contributed by atoms with van der Waals surface area (Å²) >= 11 is 11.9. The molecule has 0 N–H and O–H groups in total. The monoisotopic (exact) mass is 582 g/mol. The van der Waals surface area contributed by atoms with Crippen molar-refractivity contribution in [3.8, 4) is 34.1 Å². The Morgan fingerprint density at radius 2 is 1.62 bits per heavy atom. The highest BCUT2D eigenvalue weighted by Crippen LogP contribution is 2.40. The summed E-state index contributed by atoms with van der Waals surface area (Å²) in [4.78, 5) is 25.8. The normalized spacial score (nSPS) is 12.2. The minimum atomic E-state index is -5.03. The van der Waals surface area contributed by atoms with Gasteiger partial charge in [-0.2, -0.15) is 13.2 Å². The van der Waals surface area contributed by atoms with Crippen LogP contribution < -0.4 is 24.4 Å². The summed E-state index contributed by atoms with van der Waals surface area (Å²) in [5.41, 5.74) is -2.17. The molecule has 0 radical (unpaired) electrons. The van der Waals surface area contributed by atoms with E-state index in [0.717, 1.165) is 6.07 Å². The standard InChI is InChI=1S/C27H19Cl2F3O7/c1-13(37-19-9-5-15(28)11-18(19)29)26(34)38-16-6-7-17-21(12-16)39-25(27(30,31)32)23(24(17)33)14-4-8-20(35-2)22(10-14)36-3/h4-13H,1-3H3. The molecule has 1 aromatic heterocycles. The van der Waals surface area contributed by atoms with E-state index in [2.05, 4.69) is 0 Å². The van der Waals surface area contributed by atoms with E-state index in [0.29, 0.717) is 5.02 Å². The number of carbonyl (C=O) groups excluding carboxylic acids is 1. The number of methoxy groups -OCH3 is 2. The van der Waals surface area contributed by atoms with Crippen LogP contribution in [0.2, 0.25) is 10.0 Å². The molecular weight excluding hydrogens is 564 g/mol. The molecule has 0 aliphatic rings. The van der Waals surface area contributed by atoms with Crippen LogP contribution in [0.3, 0.4) is 0 Å². The molecule has 7 nitrogen and oxygen atoms in total. The summed E-state index contributed by atoms with van der Waals surface area (Å²) in [6, 6.07) is 11.8. The fourth-order valence-corrected chi connectivity index (χ4v) is 4.15. The minimum Gasteiger partial charge on any atom is -0.493 e. The van der Waals surface area contributed by atoms with Gasteiger partial charge in [0, 0.05) is 11.1 Å². The number of rotatable bonds is 7. The van der Waals surface area contributed by atoms with Gasteiger partial charge in [0.05, 0.1) is 30.2 Å². The van der Waals surface area contributed by atoms with E-state index >= 15 is 0 Å². The first-order valence-corrected chi connectivity index (χ1v) is 11.9. The maximum atomic E-state index is 14.0. The number of ether oxygens (including phenoxy) is 4. The molecule has 12 heteroatoms. The van der Waals surface area contributed by atoms with Gasteiger partial charge in [0.25, 0.3) is 0 Å². The average molecular weight is 583 g/mol. The smallest absolute Gasteiger partial charge is 0.450 e. The Hall–Kier alpha value is -3.89. The third-order valence-corrected chi connectivity index (χ3v) is 6.07. The molecule has 4 aromatic rings. The molecule has 0 aliphatic carbocycles. The van der Waals surface area contributed by atoms with Crippen LogP contribution in [0.1, 0.15) is 12.7 Å². The van der Waals surface area contributed by atoms with Crippen LogP contribution in [0.4, 0.5) is 13.2 Å². The van der Waals surface area contributed by atoms with Crippen LogP contribution in [0.5, 0.6) is 23.0 Å². The summed E-state index contributed by atoms with van der Waals surface area (Å²) in [6.07, 6.45) is -6.17. The van der Waals surface area contributed by atoms with Crippen molar-refractivity contribution in [1.29, 1.82) is 0 Å². The van der Waals surface area contributed by atoms with E-state index in [1.807, 2.05) is 0 Å². The lowest BCUT2D eigenvalue weighted by Gasteiger charge is -2.16. The highest BCUT2D eigenvalue weighted by molar-refractivity contribution is 6.35. The van der Waals surface area contributed by atoms with Crippen LogP contribution in [-0.4, -0.2) is 26.3 Å². The third-order valence-electron chi connectivity index (χ3n) is 5.54. The van der Waals surface area contributed by atoms with Gasteiger partial charge in [-0.05, 0) is 55.0 Å². The van der Waals surface area contributed by atoms with Gasteiger partial charge in [0.15, 0.2) is 17.6 Å². The van der Waals surface area contributed by atoms with Gasteiger partial charge in [-0.25, -0.2) is 4.79 Å². The molecule has 39 heavy (non-hydrogen) atoms. The summed E-state index contributed by atoms with van der Waals surface area (Å²) in [6.45, 7) is 1.39. The van der Waals surface area contributed by atoms with Crippen LogP contribution >= 0.6 is 23.2 Å². The Morgan fingerprint density at radius 1 is 0.923 bits per heavy atom. The Kier molecular flexibility index (Phi) is 7.99. The summed E-state index contributed by atoms with van der Waals surface area (Å²) < 4.78 is 68.3. The molecule has 204 valence electrons. The molecule has 1 heterocycles. The Morgan fingerprint density at radius 3 is 2.26 bits per heavy atom. The lowest BCUT2D eigenvalue weighted by molar-refractivity contribution is -0.152. The van der Waals surface area contributed by atoms with Crippen molar-refractivity contribution in [3.63, 3.8) is 0 Å². The summed E-state index contributed by atoms with van der Waals surface area (Å²) in [7, 11) is 2.68. The van der Waals surface area contributed by atoms with Gasteiger partial charge in [-0.1, -0.05) is 29.3 Å². The molecule has 0 bridgehead atoms. The fraction of sp³-hybridized carbons (Fsp3) is 0.185. The molecule has 0 saturated carbocycles. The number of halogens is 5. The van der Waals surface area contributed by atoms with Gasteiger partial charge in [0.2, 0.25) is 11.2 Å². The van der Waals surface area contributed by atoms with Gasteiger partial charge in [0.1, 0.15) is 17.1 Å². The maximum absolute atomic E-state index is 14.0. The first kappa shape index (κ1) is 28.1. The van der Waals surface area contributed by atoms with Crippen molar-refractivity contribution in [3.05, 3.63) is 80.6 Å². The fourth-order valence-electron chi connectivity index (χ4n) is 3.70. The number of fused-ring (bicyclic) bond motifs is 1. The number of carbonyl (C=O) groups is 1. The van der Waals surface area contributed by atoms with Crippen molar-refractivity contribution >= 4 is 40.1 Å². The van der Waals surface area contributed by atoms with E-state index in [9.17, 15) is 22.8 Å². The predicted molar refractivity (Wildman–Crippen MR) is 138 cm³/mol. The van der Waals surface area contributed by atoms with Crippen LogP contribution in [0, 0.1) is 0 Å². The summed E-state index contributed by atoms with van der Waals surface area (Å²) in [5.74, 6) is -2.00. The number of benzene rings is 3. The lowest BCUT2D eigenvalue weighted by atomic mass is 10.0. The van der Waals surface area contributed by atoms with Gasteiger partial charge in [-0.3, -0.25) is 4.79 Å². The molecule has 0 saturated heterocycles. The van der Waals surface area contributed by atoms with E-state index in [1.165, 1.54) is 69.7 Å². The van der Waals surface area contributed by atoms with E-state index in [4.69, 9.17) is 46.6 Å². The zero-order valence-corrected chi connectivity index (χ0v) is 22.0. The van der Waals surface area contributed by atoms with Gasteiger partial charge < -0.3 is 23.4 Å². The Balaban J connectivity index is 1.70. The molecule has 1 unspecified atom stereocenters. The molecule has 0 aliphatic heterocycles. The van der Waals surface area contributed by atoms with E-state index in [-0.39, 0.29) is 39.0 Å². The average Bonchev–Trinajstić information content (AvgIpc) is 2.89. The number of alkyl halides is 3. The molecule has 0 fully saturated rings. The van der Waals surface area contributed by atoms with Crippen molar-refractivity contribution < 1.29 is 41.3 Å². The highest BCUT2D eigenvalue weighted by Gasteiger charge is 2.39. The van der Waals surface area contributed by atoms with Crippen molar-refractivity contribution in [2.24, 2.45) is 0 Å². The van der Waals surface area contributed by atoms with E-state index < -0.39 is 40.6 Å². The second kappa shape index (κ2) is 11.1.